The first-order valence-corrected chi connectivity index (χ1v) is 7.01. The van der Waals surface area contributed by atoms with Crippen LogP contribution in [0.1, 0.15) is 42.1 Å². The van der Waals surface area contributed by atoms with Crippen LogP contribution in [-0.4, -0.2) is 23.3 Å². The van der Waals surface area contributed by atoms with Crippen LogP contribution >= 0.6 is 0 Å². The SMILES string of the molecule is CCCC1CC(=O)N(Cc2ccc(C(=O)NN)cc2)C1. The van der Waals surface area contributed by atoms with Gasteiger partial charge >= 0.3 is 0 Å². The normalized spacial score (nSPS) is 18.4. The molecule has 3 N–H and O–H groups in total. The van der Waals surface area contributed by atoms with Crippen LogP contribution in [0.5, 0.6) is 0 Å². The van der Waals surface area contributed by atoms with Crippen LogP contribution in [0.25, 0.3) is 0 Å². The van der Waals surface area contributed by atoms with E-state index in [2.05, 4.69) is 12.3 Å². The minimum atomic E-state index is -0.309. The second-order valence-electron chi connectivity index (χ2n) is 5.30. The van der Waals surface area contributed by atoms with Gasteiger partial charge in [0.25, 0.3) is 5.91 Å². The number of nitrogens with zero attached hydrogens (tertiary/aromatic N) is 1. The van der Waals surface area contributed by atoms with Crippen molar-refractivity contribution >= 4 is 11.8 Å². The van der Waals surface area contributed by atoms with Gasteiger partial charge in [0.2, 0.25) is 5.91 Å². The molecule has 0 saturated carbocycles. The Morgan fingerprint density at radius 1 is 1.40 bits per heavy atom. The van der Waals surface area contributed by atoms with Crippen LogP contribution in [-0.2, 0) is 11.3 Å². The van der Waals surface area contributed by atoms with Gasteiger partial charge in [-0.3, -0.25) is 15.0 Å². The summed E-state index contributed by atoms with van der Waals surface area (Å²) in [6, 6.07) is 7.18. The van der Waals surface area contributed by atoms with Gasteiger partial charge < -0.3 is 4.90 Å². The Morgan fingerprint density at radius 2 is 2.10 bits per heavy atom. The monoisotopic (exact) mass is 275 g/mol. The Morgan fingerprint density at radius 3 is 2.70 bits per heavy atom. The van der Waals surface area contributed by atoms with E-state index < -0.39 is 0 Å². The topological polar surface area (TPSA) is 75.4 Å². The van der Waals surface area contributed by atoms with Gasteiger partial charge in [-0.2, -0.15) is 0 Å². The smallest absolute Gasteiger partial charge is 0.265 e. The summed E-state index contributed by atoms with van der Waals surface area (Å²) in [5, 5.41) is 0. The van der Waals surface area contributed by atoms with Crippen molar-refractivity contribution in [2.24, 2.45) is 11.8 Å². The number of hydrazine groups is 1. The number of likely N-dealkylation sites (tertiary alicyclic amines) is 1. The highest BCUT2D eigenvalue weighted by atomic mass is 16.2. The van der Waals surface area contributed by atoms with E-state index in [1.54, 1.807) is 12.1 Å². The lowest BCUT2D eigenvalue weighted by Gasteiger charge is -2.16. The number of nitrogen functional groups attached to an aromatic ring is 1. The summed E-state index contributed by atoms with van der Waals surface area (Å²) in [5.74, 6) is 5.50. The largest absolute Gasteiger partial charge is 0.338 e. The van der Waals surface area contributed by atoms with Gasteiger partial charge in [-0.15, -0.1) is 0 Å². The maximum atomic E-state index is 11.9. The molecule has 1 heterocycles. The number of rotatable bonds is 5. The summed E-state index contributed by atoms with van der Waals surface area (Å²) in [5.41, 5.74) is 3.65. The highest BCUT2D eigenvalue weighted by molar-refractivity contribution is 5.93. The van der Waals surface area contributed by atoms with Crippen molar-refractivity contribution in [2.45, 2.75) is 32.7 Å². The molecular weight excluding hydrogens is 254 g/mol. The molecule has 1 aliphatic rings. The van der Waals surface area contributed by atoms with Crippen LogP contribution < -0.4 is 11.3 Å². The van der Waals surface area contributed by atoms with Gasteiger partial charge in [0.05, 0.1) is 0 Å². The van der Waals surface area contributed by atoms with Crippen molar-refractivity contribution in [1.82, 2.24) is 10.3 Å². The molecule has 1 unspecified atom stereocenters. The van der Waals surface area contributed by atoms with Crippen molar-refractivity contribution in [3.63, 3.8) is 0 Å². The zero-order valence-electron chi connectivity index (χ0n) is 11.8. The molecule has 0 aliphatic carbocycles. The lowest BCUT2D eigenvalue weighted by atomic mass is 10.0. The van der Waals surface area contributed by atoms with E-state index in [0.717, 1.165) is 24.9 Å². The molecule has 1 saturated heterocycles. The number of benzene rings is 1. The number of nitrogens with two attached hydrogens (primary N) is 1. The van der Waals surface area contributed by atoms with Crippen molar-refractivity contribution in [3.8, 4) is 0 Å². The molecule has 2 amide bonds. The average molecular weight is 275 g/mol. The van der Waals surface area contributed by atoms with E-state index in [4.69, 9.17) is 5.84 Å². The lowest BCUT2D eigenvalue weighted by molar-refractivity contribution is -0.128. The Kier molecular flexibility index (Phi) is 4.74. The van der Waals surface area contributed by atoms with Crippen LogP contribution in [0, 0.1) is 5.92 Å². The third kappa shape index (κ3) is 3.36. The summed E-state index contributed by atoms with van der Waals surface area (Å²) in [4.78, 5) is 25.2. The summed E-state index contributed by atoms with van der Waals surface area (Å²) in [6.07, 6.45) is 2.90. The zero-order valence-corrected chi connectivity index (χ0v) is 11.8. The van der Waals surface area contributed by atoms with Crippen LogP contribution in [0.2, 0.25) is 0 Å². The van der Waals surface area contributed by atoms with Crippen molar-refractivity contribution in [2.75, 3.05) is 6.54 Å². The molecule has 5 nitrogen and oxygen atoms in total. The fourth-order valence-corrected chi connectivity index (χ4v) is 2.67. The van der Waals surface area contributed by atoms with Gasteiger partial charge in [-0.05, 0) is 30.0 Å². The van der Waals surface area contributed by atoms with Crippen molar-refractivity contribution in [1.29, 1.82) is 0 Å². The summed E-state index contributed by atoms with van der Waals surface area (Å²) in [7, 11) is 0. The molecule has 0 bridgehead atoms. The van der Waals surface area contributed by atoms with Gasteiger partial charge in [0.1, 0.15) is 0 Å². The first kappa shape index (κ1) is 14.5. The summed E-state index contributed by atoms with van der Waals surface area (Å²) in [6.45, 7) is 3.61. The first-order chi connectivity index (χ1) is 9.63. The predicted molar refractivity (Wildman–Crippen MR) is 76.5 cm³/mol. The zero-order chi connectivity index (χ0) is 14.5. The molecule has 1 aromatic carbocycles. The molecule has 20 heavy (non-hydrogen) atoms. The molecule has 0 aromatic heterocycles. The van der Waals surface area contributed by atoms with E-state index in [1.165, 1.54) is 0 Å². The van der Waals surface area contributed by atoms with Crippen LogP contribution in [0.15, 0.2) is 24.3 Å². The summed E-state index contributed by atoms with van der Waals surface area (Å²) >= 11 is 0. The second-order valence-corrected chi connectivity index (χ2v) is 5.30. The Bertz CT molecular complexity index is 484. The number of carbonyl (C=O) groups is 2. The second kappa shape index (κ2) is 6.52. The average Bonchev–Trinajstić information content (AvgIpc) is 2.79. The molecule has 1 atom stereocenters. The maximum absolute atomic E-state index is 11.9. The van der Waals surface area contributed by atoms with E-state index in [9.17, 15) is 9.59 Å². The Balaban J connectivity index is 1.96. The first-order valence-electron chi connectivity index (χ1n) is 7.01. The molecule has 2 rings (SSSR count). The third-order valence-corrected chi connectivity index (χ3v) is 3.71. The minimum absolute atomic E-state index is 0.229. The molecule has 108 valence electrons. The van der Waals surface area contributed by atoms with E-state index in [-0.39, 0.29) is 11.8 Å². The molecule has 1 fully saturated rings. The Labute approximate surface area is 119 Å². The third-order valence-electron chi connectivity index (χ3n) is 3.71. The molecule has 1 aliphatic heterocycles. The molecule has 0 spiro atoms. The predicted octanol–water partition coefficient (Wildman–Crippen LogP) is 1.44. The fraction of sp³-hybridized carbons (Fsp3) is 0.467. The maximum Gasteiger partial charge on any atom is 0.265 e. The fourth-order valence-electron chi connectivity index (χ4n) is 2.67. The number of hydrogen-bond acceptors (Lipinski definition) is 3. The number of nitrogens with one attached hydrogen (secondary N) is 1. The highest BCUT2D eigenvalue weighted by Crippen LogP contribution is 2.23. The van der Waals surface area contributed by atoms with Gasteiger partial charge in [0, 0.05) is 25.1 Å². The number of hydrogen-bond donors (Lipinski definition) is 2. The van der Waals surface area contributed by atoms with Crippen molar-refractivity contribution < 1.29 is 9.59 Å². The van der Waals surface area contributed by atoms with Gasteiger partial charge in [-0.1, -0.05) is 25.5 Å². The number of amides is 2. The summed E-state index contributed by atoms with van der Waals surface area (Å²) < 4.78 is 0. The quantitative estimate of drug-likeness (QED) is 0.485. The standard InChI is InChI=1S/C15H21N3O2/c1-2-3-12-8-14(19)18(10-12)9-11-4-6-13(7-5-11)15(20)17-16/h4-7,12H,2-3,8-10,16H2,1H3,(H,17,20). The molecule has 0 radical (unpaired) electrons. The molecule has 1 aromatic rings. The minimum Gasteiger partial charge on any atom is -0.338 e. The van der Waals surface area contributed by atoms with Crippen LogP contribution in [0.4, 0.5) is 0 Å². The van der Waals surface area contributed by atoms with Gasteiger partial charge in [-0.25, -0.2) is 5.84 Å². The van der Waals surface area contributed by atoms with E-state index >= 15 is 0 Å². The lowest BCUT2D eigenvalue weighted by Crippen LogP contribution is -2.30. The van der Waals surface area contributed by atoms with Crippen LogP contribution in [0.3, 0.4) is 0 Å². The van der Waals surface area contributed by atoms with Crippen molar-refractivity contribution in [3.05, 3.63) is 35.4 Å². The Hall–Kier alpha value is -1.88. The molecular formula is C15H21N3O2. The number of carbonyl (C=O) groups excluding carboxylic acids is 2. The van der Waals surface area contributed by atoms with E-state index in [1.807, 2.05) is 17.0 Å². The van der Waals surface area contributed by atoms with Gasteiger partial charge in [0.15, 0.2) is 0 Å². The molecule has 5 heteroatoms. The highest BCUT2D eigenvalue weighted by Gasteiger charge is 2.28. The van der Waals surface area contributed by atoms with E-state index in [0.29, 0.717) is 24.4 Å².